The summed E-state index contributed by atoms with van der Waals surface area (Å²) in [6.07, 6.45) is 7.24. The number of esters is 1. The Bertz CT molecular complexity index is 183. The topological polar surface area (TPSA) is 26.3 Å². The Morgan fingerprint density at radius 1 is 1.29 bits per heavy atom. The van der Waals surface area contributed by atoms with Crippen LogP contribution in [-0.4, -0.2) is 12.6 Å². The van der Waals surface area contributed by atoms with E-state index in [9.17, 15) is 4.79 Å². The number of hydrogen-bond donors (Lipinski definition) is 0. The first-order valence-electron chi connectivity index (χ1n) is 5.52. The maximum Gasteiger partial charge on any atom is 0.309 e. The first kappa shape index (κ1) is 13.2. The van der Waals surface area contributed by atoms with Crippen molar-refractivity contribution in [3.63, 3.8) is 0 Å². The molecule has 0 unspecified atom stereocenters. The minimum Gasteiger partial charge on any atom is -0.466 e. The molecule has 2 nitrogen and oxygen atoms in total. The van der Waals surface area contributed by atoms with Crippen molar-refractivity contribution >= 4 is 5.97 Å². The fraction of sp³-hybridized carbons (Fsp3) is 0.750. The lowest BCUT2D eigenvalue weighted by Crippen LogP contribution is -2.01. The van der Waals surface area contributed by atoms with Crippen LogP contribution in [0, 0.1) is 0 Å². The lowest BCUT2D eigenvalue weighted by molar-refractivity contribution is -0.142. The van der Waals surface area contributed by atoms with Gasteiger partial charge in [-0.25, -0.2) is 0 Å². The van der Waals surface area contributed by atoms with Gasteiger partial charge in [-0.15, -0.1) is 0 Å². The zero-order valence-corrected chi connectivity index (χ0v) is 9.64. The predicted octanol–water partition coefficient (Wildman–Crippen LogP) is 3.47. The third kappa shape index (κ3) is 7.84. The highest BCUT2D eigenvalue weighted by atomic mass is 16.5. The van der Waals surface area contributed by atoms with E-state index in [1.165, 1.54) is 24.8 Å². The van der Waals surface area contributed by atoms with Crippen LogP contribution in [0.4, 0.5) is 0 Å². The van der Waals surface area contributed by atoms with Crippen molar-refractivity contribution in [1.29, 1.82) is 0 Å². The third-order valence-corrected chi connectivity index (χ3v) is 2.10. The Morgan fingerprint density at radius 2 is 2.00 bits per heavy atom. The van der Waals surface area contributed by atoms with Gasteiger partial charge < -0.3 is 4.74 Å². The molecule has 0 heterocycles. The lowest BCUT2D eigenvalue weighted by Gasteiger charge is -2.01. The number of allylic oxidation sites excluding steroid dienone is 1. The smallest absolute Gasteiger partial charge is 0.309 e. The van der Waals surface area contributed by atoms with Gasteiger partial charge >= 0.3 is 5.97 Å². The Morgan fingerprint density at radius 3 is 2.57 bits per heavy atom. The fourth-order valence-corrected chi connectivity index (χ4v) is 1.23. The second-order valence-corrected chi connectivity index (χ2v) is 3.52. The molecule has 2 heteroatoms. The van der Waals surface area contributed by atoms with E-state index in [0.29, 0.717) is 13.0 Å². The van der Waals surface area contributed by atoms with Crippen molar-refractivity contribution in [2.45, 2.75) is 52.9 Å². The van der Waals surface area contributed by atoms with E-state index in [0.717, 1.165) is 6.42 Å². The zero-order chi connectivity index (χ0) is 10.8. The van der Waals surface area contributed by atoms with Crippen LogP contribution < -0.4 is 0 Å². The molecule has 0 rings (SSSR count). The molecular formula is C12H22O2. The number of carbonyl (C=O) groups excluding carboxylic acids is 1. The van der Waals surface area contributed by atoms with Gasteiger partial charge in [-0.3, -0.25) is 4.79 Å². The van der Waals surface area contributed by atoms with Crippen molar-refractivity contribution in [1.82, 2.24) is 0 Å². The second-order valence-electron chi connectivity index (χ2n) is 3.52. The van der Waals surface area contributed by atoms with Gasteiger partial charge in [-0.1, -0.05) is 31.4 Å². The monoisotopic (exact) mass is 198 g/mol. The molecule has 0 aromatic heterocycles. The standard InChI is InChI=1S/C12H22O2/c1-4-6-7-8-11(3)9-10-12(13)14-5-2/h9H,4-8,10H2,1-3H3. The van der Waals surface area contributed by atoms with E-state index in [-0.39, 0.29) is 5.97 Å². The summed E-state index contributed by atoms with van der Waals surface area (Å²) in [6, 6.07) is 0. The van der Waals surface area contributed by atoms with Crippen LogP contribution in [0.5, 0.6) is 0 Å². The normalized spacial score (nSPS) is 11.5. The highest BCUT2D eigenvalue weighted by Gasteiger charge is 1.98. The summed E-state index contributed by atoms with van der Waals surface area (Å²) in [7, 11) is 0. The molecule has 0 spiro atoms. The first-order valence-corrected chi connectivity index (χ1v) is 5.52. The summed E-state index contributed by atoms with van der Waals surface area (Å²) in [5.41, 5.74) is 1.30. The summed E-state index contributed by atoms with van der Waals surface area (Å²) in [4.78, 5) is 11.0. The first-order chi connectivity index (χ1) is 6.70. The predicted molar refractivity (Wildman–Crippen MR) is 59.1 cm³/mol. The molecule has 82 valence electrons. The highest BCUT2D eigenvalue weighted by Crippen LogP contribution is 2.08. The number of hydrogen-bond acceptors (Lipinski definition) is 2. The van der Waals surface area contributed by atoms with Gasteiger partial charge in [0.2, 0.25) is 0 Å². The molecule has 0 aliphatic heterocycles. The summed E-state index contributed by atoms with van der Waals surface area (Å²) >= 11 is 0. The molecule has 0 radical (unpaired) electrons. The molecule has 0 saturated heterocycles. The molecular weight excluding hydrogens is 176 g/mol. The molecule has 0 aromatic rings. The SMILES string of the molecule is CCCCCC(C)=CCC(=O)OCC. The highest BCUT2D eigenvalue weighted by molar-refractivity contribution is 5.71. The Hall–Kier alpha value is -0.790. The van der Waals surface area contributed by atoms with Crippen LogP contribution >= 0.6 is 0 Å². The number of rotatable bonds is 7. The number of ether oxygens (including phenoxy) is 1. The minimum absolute atomic E-state index is 0.123. The van der Waals surface area contributed by atoms with Gasteiger partial charge in [0.1, 0.15) is 0 Å². The average molecular weight is 198 g/mol. The van der Waals surface area contributed by atoms with Crippen LogP contribution in [0.2, 0.25) is 0 Å². The van der Waals surface area contributed by atoms with Crippen LogP contribution in [-0.2, 0) is 9.53 Å². The lowest BCUT2D eigenvalue weighted by atomic mass is 10.1. The van der Waals surface area contributed by atoms with Gasteiger partial charge in [0.15, 0.2) is 0 Å². The number of carbonyl (C=O) groups is 1. The van der Waals surface area contributed by atoms with Crippen LogP contribution in [0.3, 0.4) is 0 Å². The molecule has 0 amide bonds. The molecule has 0 bridgehead atoms. The fourth-order valence-electron chi connectivity index (χ4n) is 1.23. The quantitative estimate of drug-likeness (QED) is 0.356. The van der Waals surface area contributed by atoms with Crippen molar-refractivity contribution in [3.05, 3.63) is 11.6 Å². The van der Waals surface area contributed by atoms with E-state index in [1.54, 1.807) is 0 Å². The summed E-state index contributed by atoms with van der Waals surface area (Å²) in [5, 5.41) is 0. The van der Waals surface area contributed by atoms with E-state index >= 15 is 0 Å². The maximum absolute atomic E-state index is 11.0. The van der Waals surface area contributed by atoms with Crippen molar-refractivity contribution < 1.29 is 9.53 Å². The van der Waals surface area contributed by atoms with Crippen LogP contribution in [0.15, 0.2) is 11.6 Å². The molecule has 14 heavy (non-hydrogen) atoms. The van der Waals surface area contributed by atoms with Crippen molar-refractivity contribution in [2.75, 3.05) is 6.61 Å². The second kappa shape index (κ2) is 8.79. The Labute approximate surface area is 87.3 Å². The minimum atomic E-state index is -0.123. The van der Waals surface area contributed by atoms with Crippen molar-refractivity contribution in [3.8, 4) is 0 Å². The molecule has 0 aromatic carbocycles. The van der Waals surface area contributed by atoms with Gasteiger partial charge in [0.25, 0.3) is 0 Å². The van der Waals surface area contributed by atoms with E-state index in [1.807, 2.05) is 13.0 Å². The summed E-state index contributed by atoms with van der Waals surface area (Å²) < 4.78 is 4.83. The maximum atomic E-state index is 11.0. The van der Waals surface area contributed by atoms with Gasteiger partial charge in [0.05, 0.1) is 13.0 Å². The Balaban J connectivity index is 3.59. The molecule has 0 atom stereocenters. The third-order valence-electron chi connectivity index (χ3n) is 2.10. The summed E-state index contributed by atoms with van der Waals surface area (Å²) in [6.45, 7) is 6.57. The van der Waals surface area contributed by atoms with E-state index in [4.69, 9.17) is 4.74 Å². The molecule has 0 N–H and O–H groups in total. The average Bonchev–Trinajstić information content (AvgIpc) is 2.16. The molecule has 0 fully saturated rings. The van der Waals surface area contributed by atoms with Gasteiger partial charge in [-0.05, 0) is 26.7 Å². The Kier molecular flexibility index (Phi) is 8.30. The molecule has 0 saturated carbocycles. The van der Waals surface area contributed by atoms with E-state index in [2.05, 4.69) is 13.8 Å². The van der Waals surface area contributed by atoms with E-state index < -0.39 is 0 Å². The summed E-state index contributed by atoms with van der Waals surface area (Å²) in [5.74, 6) is -0.123. The van der Waals surface area contributed by atoms with Crippen molar-refractivity contribution in [2.24, 2.45) is 0 Å². The van der Waals surface area contributed by atoms with Crippen LogP contribution in [0.1, 0.15) is 52.9 Å². The molecule has 0 aliphatic carbocycles. The van der Waals surface area contributed by atoms with Crippen LogP contribution in [0.25, 0.3) is 0 Å². The van der Waals surface area contributed by atoms with Gasteiger partial charge in [0, 0.05) is 0 Å². The van der Waals surface area contributed by atoms with Gasteiger partial charge in [-0.2, -0.15) is 0 Å². The largest absolute Gasteiger partial charge is 0.466 e. The number of unbranched alkanes of at least 4 members (excludes halogenated alkanes) is 2. The zero-order valence-electron chi connectivity index (χ0n) is 9.64. The molecule has 0 aliphatic rings.